The topological polar surface area (TPSA) is 76.0 Å². The molecule has 0 amide bonds. The van der Waals surface area contributed by atoms with Gasteiger partial charge in [0.15, 0.2) is 0 Å². The molecule has 0 aromatic carbocycles. The molecule has 0 bridgehead atoms. The summed E-state index contributed by atoms with van der Waals surface area (Å²) in [6, 6.07) is 0. The SMILES string of the molecule is CC(=O)ON=CCC(Cl)C(=O)O. The second-order valence-corrected chi connectivity index (χ2v) is 2.44. The van der Waals surface area contributed by atoms with Crippen LogP contribution in [0.3, 0.4) is 0 Å². The van der Waals surface area contributed by atoms with Crippen molar-refractivity contribution in [3.05, 3.63) is 0 Å². The van der Waals surface area contributed by atoms with Crippen molar-refractivity contribution in [2.24, 2.45) is 5.16 Å². The number of carbonyl (C=O) groups excluding carboxylic acids is 1. The standard InChI is InChI=1S/C6H8ClNO4/c1-4(9)12-8-3-2-5(7)6(10)11/h3,5H,2H2,1H3,(H,10,11). The number of carboxylic acid groups (broad SMARTS) is 1. The number of rotatable bonds is 4. The van der Waals surface area contributed by atoms with Crippen molar-refractivity contribution in [2.75, 3.05) is 0 Å². The third-order valence-corrected chi connectivity index (χ3v) is 1.20. The molecule has 0 spiro atoms. The molecular weight excluding hydrogens is 186 g/mol. The van der Waals surface area contributed by atoms with Crippen LogP contribution in [0.25, 0.3) is 0 Å². The zero-order valence-electron chi connectivity index (χ0n) is 6.36. The highest BCUT2D eigenvalue weighted by Crippen LogP contribution is 1.99. The highest BCUT2D eigenvalue weighted by molar-refractivity contribution is 6.30. The molecular formula is C6H8ClNO4. The van der Waals surface area contributed by atoms with Crippen LogP contribution in [0.5, 0.6) is 0 Å². The van der Waals surface area contributed by atoms with E-state index < -0.39 is 17.3 Å². The Balaban J connectivity index is 3.60. The number of hydrogen-bond donors (Lipinski definition) is 1. The van der Waals surface area contributed by atoms with E-state index in [4.69, 9.17) is 16.7 Å². The van der Waals surface area contributed by atoms with Crippen LogP contribution in [-0.4, -0.2) is 28.6 Å². The van der Waals surface area contributed by atoms with Crippen LogP contribution in [0.2, 0.25) is 0 Å². The maximum Gasteiger partial charge on any atom is 0.331 e. The second-order valence-electron chi connectivity index (χ2n) is 1.91. The zero-order chi connectivity index (χ0) is 9.56. The lowest BCUT2D eigenvalue weighted by molar-refractivity contribution is -0.140. The van der Waals surface area contributed by atoms with Crippen LogP contribution in [0.4, 0.5) is 0 Å². The van der Waals surface area contributed by atoms with Gasteiger partial charge >= 0.3 is 11.9 Å². The van der Waals surface area contributed by atoms with Gasteiger partial charge in [-0.15, -0.1) is 11.6 Å². The first kappa shape index (κ1) is 10.9. The van der Waals surface area contributed by atoms with Crippen LogP contribution in [0.1, 0.15) is 13.3 Å². The lowest BCUT2D eigenvalue weighted by atomic mass is 10.3. The number of halogens is 1. The summed E-state index contributed by atoms with van der Waals surface area (Å²) in [5, 5.41) is 10.4. The van der Waals surface area contributed by atoms with Crippen molar-refractivity contribution >= 4 is 29.8 Å². The van der Waals surface area contributed by atoms with Crippen molar-refractivity contribution in [3.8, 4) is 0 Å². The molecule has 0 heterocycles. The average Bonchev–Trinajstić information content (AvgIpc) is 1.97. The molecule has 0 aliphatic heterocycles. The van der Waals surface area contributed by atoms with Crippen molar-refractivity contribution in [3.63, 3.8) is 0 Å². The van der Waals surface area contributed by atoms with Crippen molar-refractivity contribution in [2.45, 2.75) is 18.7 Å². The lowest BCUT2D eigenvalue weighted by Crippen LogP contribution is -2.13. The molecule has 0 aromatic rings. The molecule has 1 unspecified atom stereocenters. The monoisotopic (exact) mass is 193 g/mol. The Kier molecular flexibility index (Phi) is 5.03. The molecule has 5 nitrogen and oxygen atoms in total. The number of oxime groups is 1. The molecule has 68 valence electrons. The summed E-state index contributed by atoms with van der Waals surface area (Å²) in [6.45, 7) is 1.19. The molecule has 0 fully saturated rings. The second kappa shape index (κ2) is 5.54. The number of hydrogen-bond acceptors (Lipinski definition) is 4. The third kappa shape index (κ3) is 5.67. The minimum absolute atomic E-state index is 0.0180. The van der Waals surface area contributed by atoms with Gasteiger partial charge in [-0.3, -0.25) is 4.79 Å². The first-order chi connectivity index (χ1) is 5.54. The summed E-state index contributed by atoms with van der Waals surface area (Å²) in [6.07, 6.45) is 1.15. The predicted molar refractivity (Wildman–Crippen MR) is 42.2 cm³/mol. The Hall–Kier alpha value is -1.10. The van der Waals surface area contributed by atoms with Crippen molar-refractivity contribution < 1.29 is 19.5 Å². The van der Waals surface area contributed by atoms with Crippen molar-refractivity contribution in [1.82, 2.24) is 0 Å². The van der Waals surface area contributed by atoms with E-state index in [1.54, 1.807) is 0 Å². The molecule has 0 aliphatic carbocycles. The van der Waals surface area contributed by atoms with E-state index in [1.165, 1.54) is 6.92 Å². The molecule has 1 N–H and O–H groups in total. The van der Waals surface area contributed by atoms with Gasteiger partial charge < -0.3 is 9.94 Å². The van der Waals surface area contributed by atoms with Gasteiger partial charge in [0, 0.05) is 19.6 Å². The largest absolute Gasteiger partial charge is 0.480 e. The van der Waals surface area contributed by atoms with E-state index in [9.17, 15) is 9.59 Å². The first-order valence-electron chi connectivity index (χ1n) is 3.10. The Morgan fingerprint density at radius 2 is 2.33 bits per heavy atom. The third-order valence-electron chi connectivity index (χ3n) is 0.836. The summed E-state index contributed by atoms with van der Waals surface area (Å²) >= 11 is 5.30. The average molecular weight is 194 g/mol. The molecule has 0 rings (SSSR count). The summed E-state index contributed by atoms with van der Waals surface area (Å²) in [5.74, 6) is -1.70. The maximum atomic E-state index is 10.1. The molecule has 0 saturated carbocycles. The summed E-state index contributed by atoms with van der Waals surface area (Å²) < 4.78 is 0. The zero-order valence-corrected chi connectivity index (χ0v) is 7.11. The highest BCUT2D eigenvalue weighted by atomic mass is 35.5. The van der Waals surface area contributed by atoms with E-state index in [-0.39, 0.29) is 6.42 Å². The Labute approximate surface area is 73.9 Å². The van der Waals surface area contributed by atoms with Gasteiger partial charge in [-0.05, 0) is 0 Å². The predicted octanol–water partition coefficient (Wildman–Crippen LogP) is 0.617. The molecule has 0 radical (unpaired) electrons. The van der Waals surface area contributed by atoms with Gasteiger partial charge in [0.25, 0.3) is 0 Å². The van der Waals surface area contributed by atoms with Crippen LogP contribution < -0.4 is 0 Å². The van der Waals surface area contributed by atoms with Crippen LogP contribution in [-0.2, 0) is 14.4 Å². The van der Waals surface area contributed by atoms with Gasteiger partial charge in [-0.2, -0.15) is 0 Å². The van der Waals surface area contributed by atoms with Crippen LogP contribution >= 0.6 is 11.6 Å². The van der Waals surface area contributed by atoms with E-state index in [1.807, 2.05) is 0 Å². The molecule has 6 heteroatoms. The van der Waals surface area contributed by atoms with E-state index in [0.717, 1.165) is 6.21 Å². The Morgan fingerprint density at radius 1 is 1.75 bits per heavy atom. The Morgan fingerprint density at radius 3 is 2.75 bits per heavy atom. The molecule has 0 aliphatic rings. The molecule has 0 saturated heterocycles. The molecule has 12 heavy (non-hydrogen) atoms. The fraction of sp³-hybridized carbons (Fsp3) is 0.500. The minimum Gasteiger partial charge on any atom is -0.480 e. The normalized spacial score (nSPS) is 12.8. The number of carboxylic acids is 1. The molecule has 1 atom stereocenters. The van der Waals surface area contributed by atoms with E-state index >= 15 is 0 Å². The maximum absolute atomic E-state index is 10.1. The van der Waals surface area contributed by atoms with Crippen LogP contribution in [0.15, 0.2) is 5.16 Å². The van der Waals surface area contributed by atoms with Gasteiger partial charge in [0.1, 0.15) is 5.38 Å². The van der Waals surface area contributed by atoms with Gasteiger partial charge in [-0.25, -0.2) is 4.79 Å². The number of nitrogens with zero attached hydrogens (tertiary/aromatic N) is 1. The number of carbonyl (C=O) groups is 2. The van der Waals surface area contributed by atoms with Crippen LogP contribution in [0, 0.1) is 0 Å². The van der Waals surface area contributed by atoms with E-state index in [0.29, 0.717) is 0 Å². The van der Waals surface area contributed by atoms with Gasteiger partial charge in [0.05, 0.1) is 0 Å². The Bertz CT molecular complexity index is 204. The van der Waals surface area contributed by atoms with Gasteiger partial charge in [-0.1, -0.05) is 5.16 Å². The fourth-order valence-corrected chi connectivity index (χ4v) is 0.428. The summed E-state index contributed by atoms with van der Waals surface area (Å²) in [5.41, 5.74) is 0. The number of alkyl halides is 1. The number of aliphatic carboxylic acids is 1. The fourth-order valence-electron chi connectivity index (χ4n) is 0.348. The van der Waals surface area contributed by atoms with E-state index in [2.05, 4.69) is 9.99 Å². The van der Waals surface area contributed by atoms with Gasteiger partial charge in [0.2, 0.25) is 0 Å². The van der Waals surface area contributed by atoms with Crippen molar-refractivity contribution in [1.29, 1.82) is 0 Å². The smallest absolute Gasteiger partial charge is 0.331 e. The minimum atomic E-state index is -1.13. The highest BCUT2D eigenvalue weighted by Gasteiger charge is 2.10. The summed E-state index contributed by atoms with van der Waals surface area (Å²) in [4.78, 5) is 24.4. The first-order valence-corrected chi connectivity index (χ1v) is 3.54. The quantitative estimate of drug-likeness (QED) is 0.307. The summed E-state index contributed by atoms with van der Waals surface area (Å²) in [7, 11) is 0. The molecule has 0 aromatic heterocycles. The lowest BCUT2D eigenvalue weighted by Gasteiger charge is -1.96.